The summed E-state index contributed by atoms with van der Waals surface area (Å²) in [4.78, 5) is 13.2. The highest BCUT2D eigenvalue weighted by Gasteiger charge is 2.04. The van der Waals surface area contributed by atoms with Crippen molar-refractivity contribution in [2.24, 2.45) is 4.99 Å². The average Bonchev–Trinajstić information content (AvgIpc) is 2.16. The molecular formula is C9H9NO3. The molecule has 0 aliphatic heterocycles. The van der Waals surface area contributed by atoms with Gasteiger partial charge in [0.15, 0.2) is 0 Å². The van der Waals surface area contributed by atoms with Crippen LogP contribution in [0.25, 0.3) is 0 Å². The number of benzene rings is 1. The number of aliphatic hydroxyl groups excluding tert-OH is 1. The molecule has 4 nitrogen and oxygen atoms in total. The van der Waals surface area contributed by atoms with Crippen molar-refractivity contribution < 1.29 is 15.0 Å². The van der Waals surface area contributed by atoms with Gasteiger partial charge >= 0.3 is 0 Å². The molecule has 1 aromatic carbocycles. The Morgan fingerprint density at radius 3 is 2.69 bits per heavy atom. The van der Waals surface area contributed by atoms with E-state index in [1.54, 1.807) is 18.2 Å². The van der Waals surface area contributed by atoms with Gasteiger partial charge in [-0.05, 0) is 0 Å². The van der Waals surface area contributed by atoms with Crippen molar-refractivity contribution in [2.75, 3.05) is 0 Å². The smallest absolute Gasteiger partial charge is 0.235 e. The molecule has 1 aromatic rings. The lowest BCUT2D eigenvalue weighted by Crippen LogP contribution is -1.89. The third-order valence-corrected chi connectivity index (χ3v) is 1.69. The second kappa shape index (κ2) is 4.40. The number of aliphatic imine (C=N–C) groups is 1. The van der Waals surface area contributed by atoms with Crippen LogP contribution in [0.1, 0.15) is 11.1 Å². The summed E-state index contributed by atoms with van der Waals surface area (Å²) in [7, 11) is 0. The highest BCUT2D eigenvalue weighted by molar-refractivity contribution is 5.41. The van der Waals surface area contributed by atoms with Crippen LogP contribution in [-0.2, 0) is 17.9 Å². The Morgan fingerprint density at radius 2 is 2.08 bits per heavy atom. The number of carbonyl (C=O) groups excluding carboxylic acids is 1. The van der Waals surface area contributed by atoms with Crippen LogP contribution < -0.4 is 0 Å². The standard InChI is InChI=1S/C9H9NO3/c11-5-8-3-1-2-7(9(8)13)4-10-6-12/h1-3,11,13H,4-5H2. The van der Waals surface area contributed by atoms with Gasteiger partial charge in [0, 0.05) is 11.1 Å². The largest absolute Gasteiger partial charge is 0.507 e. The van der Waals surface area contributed by atoms with Crippen molar-refractivity contribution in [3.8, 4) is 5.75 Å². The minimum Gasteiger partial charge on any atom is -0.507 e. The van der Waals surface area contributed by atoms with Crippen LogP contribution in [0.3, 0.4) is 0 Å². The second-order valence-corrected chi connectivity index (χ2v) is 2.49. The molecule has 0 fully saturated rings. The number of hydrogen-bond donors (Lipinski definition) is 2. The zero-order valence-electron chi connectivity index (χ0n) is 6.90. The molecule has 0 saturated heterocycles. The Labute approximate surface area is 75.2 Å². The van der Waals surface area contributed by atoms with E-state index < -0.39 is 0 Å². The van der Waals surface area contributed by atoms with E-state index in [-0.39, 0.29) is 18.9 Å². The first-order valence-electron chi connectivity index (χ1n) is 3.73. The van der Waals surface area contributed by atoms with Gasteiger partial charge in [-0.25, -0.2) is 9.79 Å². The van der Waals surface area contributed by atoms with Crippen LogP contribution >= 0.6 is 0 Å². The minimum atomic E-state index is -0.232. The molecule has 0 aromatic heterocycles. The first kappa shape index (κ1) is 9.45. The Balaban J connectivity index is 3.00. The Hall–Kier alpha value is -1.64. The number of hydrogen-bond acceptors (Lipinski definition) is 4. The van der Waals surface area contributed by atoms with Gasteiger partial charge in [0.25, 0.3) is 0 Å². The van der Waals surface area contributed by atoms with Crippen molar-refractivity contribution in [2.45, 2.75) is 13.2 Å². The van der Waals surface area contributed by atoms with Gasteiger partial charge in [0.1, 0.15) is 5.75 Å². The van der Waals surface area contributed by atoms with E-state index in [0.29, 0.717) is 11.1 Å². The Morgan fingerprint density at radius 1 is 1.38 bits per heavy atom. The van der Waals surface area contributed by atoms with E-state index in [2.05, 4.69) is 4.99 Å². The third kappa shape index (κ3) is 2.15. The molecule has 4 heteroatoms. The van der Waals surface area contributed by atoms with Crippen LogP contribution in [0, 0.1) is 0 Å². The fourth-order valence-electron chi connectivity index (χ4n) is 1.02. The molecule has 2 N–H and O–H groups in total. The fourth-order valence-corrected chi connectivity index (χ4v) is 1.02. The van der Waals surface area contributed by atoms with E-state index in [4.69, 9.17) is 5.11 Å². The van der Waals surface area contributed by atoms with Gasteiger partial charge in [-0.2, -0.15) is 0 Å². The summed E-state index contributed by atoms with van der Waals surface area (Å²) in [5.41, 5.74) is 0.938. The van der Waals surface area contributed by atoms with Gasteiger partial charge in [-0.3, -0.25) is 0 Å². The van der Waals surface area contributed by atoms with Crippen molar-refractivity contribution in [3.05, 3.63) is 29.3 Å². The molecule has 0 bridgehead atoms. The molecular weight excluding hydrogens is 170 g/mol. The van der Waals surface area contributed by atoms with Gasteiger partial charge in [0.2, 0.25) is 6.08 Å². The second-order valence-electron chi connectivity index (χ2n) is 2.49. The molecule has 0 unspecified atom stereocenters. The summed E-state index contributed by atoms with van der Waals surface area (Å²) in [6.07, 6.45) is 1.38. The molecule has 0 amide bonds. The van der Waals surface area contributed by atoms with Crippen molar-refractivity contribution in [1.29, 1.82) is 0 Å². The van der Waals surface area contributed by atoms with E-state index in [1.807, 2.05) is 0 Å². The lowest BCUT2D eigenvalue weighted by atomic mass is 10.1. The van der Waals surface area contributed by atoms with Crippen LogP contribution in [0.15, 0.2) is 23.2 Å². The number of nitrogens with zero attached hydrogens (tertiary/aromatic N) is 1. The van der Waals surface area contributed by atoms with Crippen molar-refractivity contribution >= 4 is 6.08 Å². The van der Waals surface area contributed by atoms with Crippen LogP contribution in [0.5, 0.6) is 5.75 Å². The van der Waals surface area contributed by atoms with Crippen molar-refractivity contribution in [1.82, 2.24) is 0 Å². The summed E-state index contributed by atoms with van der Waals surface area (Å²) in [6, 6.07) is 4.92. The molecule has 0 heterocycles. The predicted molar refractivity (Wildman–Crippen MR) is 45.9 cm³/mol. The lowest BCUT2D eigenvalue weighted by molar-refractivity contribution is 0.275. The molecule has 0 aliphatic carbocycles. The normalized spacial score (nSPS) is 9.31. The minimum absolute atomic E-state index is 0.0102. The topological polar surface area (TPSA) is 69.9 Å². The zero-order valence-corrected chi connectivity index (χ0v) is 6.90. The molecule has 0 saturated carbocycles. The quantitative estimate of drug-likeness (QED) is 0.530. The molecule has 0 atom stereocenters. The van der Waals surface area contributed by atoms with Gasteiger partial charge < -0.3 is 10.2 Å². The molecule has 13 heavy (non-hydrogen) atoms. The number of rotatable bonds is 3. The van der Waals surface area contributed by atoms with Crippen LogP contribution in [-0.4, -0.2) is 16.3 Å². The summed E-state index contributed by atoms with van der Waals surface area (Å²) < 4.78 is 0. The molecule has 1 rings (SSSR count). The predicted octanol–water partition coefficient (Wildman–Crippen LogP) is 0.720. The van der Waals surface area contributed by atoms with Gasteiger partial charge in [-0.1, -0.05) is 18.2 Å². The van der Waals surface area contributed by atoms with Crippen LogP contribution in [0.4, 0.5) is 0 Å². The number of para-hydroxylation sites is 1. The number of aliphatic hydroxyl groups is 1. The zero-order chi connectivity index (χ0) is 9.68. The lowest BCUT2D eigenvalue weighted by Gasteiger charge is -2.04. The summed E-state index contributed by atoms with van der Waals surface area (Å²) in [5.74, 6) is -0.0102. The molecule has 68 valence electrons. The maximum absolute atomic E-state index is 9.82. The Bertz CT molecular complexity index is 343. The van der Waals surface area contributed by atoms with E-state index in [0.717, 1.165) is 0 Å². The first-order chi connectivity index (χ1) is 6.29. The highest BCUT2D eigenvalue weighted by Crippen LogP contribution is 2.22. The average molecular weight is 179 g/mol. The summed E-state index contributed by atoms with van der Waals surface area (Å²) in [6.45, 7) is -0.145. The number of phenols is 1. The highest BCUT2D eigenvalue weighted by atomic mass is 16.3. The van der Waals surface area contributed by atoms with E-state index >= 15 is 0 Å². The molecule has 0 aliphatic rings. The molecule has 0 radical (unpaired) electrons. The van der Waals surface area contributed by atoms with Crippen molar-refractivity contribution in [3.63, 3.8) is 0 Å². The summed E-state index contributed by atoms with van der Waals surface area (Å²) in [5, 5.41) is 18.3. The van der Waals surface area contributed by atoms with E-state index in [9.17, 15) is 9.90 Å². The molecule has 0 spiro atoms. The maximum atomic E-state index is 9.82. The van der Waals surface area contributed by atoms with E-state index in [1.165, 1.54) is 6.08 Å². The maximum Gasteiger partial charge on any atom is 0.235 e. The first-order valence-corrected chi connectivity index (χ1v) is 3.73. The summed E-state index contributed by atoms with van der Waals surface area (Å²) >= 11 is 0. The number of isocyanates is 1. The van der Waals surface area contributed by atoms with Crippen LogP contribution in [0.2, 0.25) is 0 Å². The number of aromatic hydroxyl groups is 1. The SMILES string of the molecule is O=C=NCc1cccc(CO)c1O. The Kier molecular flexibility index (Phi) is 3.20. The van der Waals surface area contributed by atoms with Gasteiger partial charge in [0.05, 0.1) is 13.2 Å². The monoisotopic (exact) mass is 179 g/mol. The fraction of sp³-hybridized carbons (Fsp3) is 0.222. The third-order valence-electron chi connectivity index (χ3n) is 1.69. The van der Waals surface area contributed by atoms with Gasteiger partial charge in [-0.15, -0.1) is 0 Å².